The molecule has 0 unspecified atom stereocenters. The predicted octanol–water partition coefficient (Wildman–Crippen LogP) is 2.09. The molecule has 1 heterocycles. The average Bonchev–Trinajstić information content (AvgIpc) is 2.50. The first-order valence-electron chi connectivity index (χ1n) is 7.43. The summed E-state index contributed by atoms with van der Waals surface area (Å²) >= 11 is 0. The summed E-state index contributed by atoms with van der Waals surface area (Å²) in [5.74, 6) is -0.134. The first-order chi connectivity index (χ1) is 10.2. The quantitative estimate of drug-likeness (QED) is 0.793. The van der Waals surface area contributed by atoms with Gasteiger partial charge in [-0.05, 0) is 18.6 Å². The molecule has 0 fully saturated rings. The summed E-state index contributed by atoms with van der Waals surface area (Å²) in [6.07, 6.45) is 5.72. The van der Waals surface area contributed by atoms with Crippen molar-refractivity contribution in [1.82, 2.24) is 14.9 Å². The highest BCUT2D eigenvalue weighted by Gasteiger charge is 2.08. The maximum atomic E-state index is 11.9. The van der Waals surface area contributed by atoms with Crippen molar-refractivity contribution in [2.45, 2.75) is 39.2 Å². The van der Waals surface area contributed by atoms with Crippen molar-refractivity contribution in [2.75, 3.05) is 6.54 Å². The van der Waals surface area contributed by atoms with Crippen molar-refractivity contribution in [3.05, 3.63) is 40.8 Å². The lowest BCUT2D eigenvalue weighted by molar-refractivity contribution is -0.121. The second-order valence-electron chi connectivity index (χ2n) is 5.08. The van der Waals surface area contributed by atoms with Crippen LogP contribution in [-0.2, 0) is 11.3 Å². The number of fused-ring (bicyclic) bond motifs is 1. The summed E-state index contributed by atoms with van der Waals surface area (Å²) < 4.78 is 1.46. The standard InChI is InChI=1S/C16H21N3O2/c1-2-3-4-7-10-17-15(20)12-19-14-9-6-5-8-13(14)18-11-16(19)21/h5-6,8-9,11H,2-4,7,10,12H2,1H3,(H,17,20). The zero-order valence-corrected chi connectivity index (χ0v) is 12.3. The van der Waals surface area contributed by atoms with Gasteiger partial charge in [0.1, 0.15) is 6.54 Å². The van der Waals surface area contributed by atoms with E-state index in [1.54, 1.807) is 6.07 Å². The largest absolute Gasteiger partial charge is 0.355 e. The zero-order valence-electron chi connectivity index (χ0n) is 12.3. The molecule has 0 aliphatic heterocycles. The van der Waals surface area contributed by atoms with Crippen LogP contribution >= 0.6 is 0 Å². The smallest absolute Gasteiger partial charge is 0.269 e. The third-order valence-corrected chi connectivity index (χ3v) is 3.41. The molecule has 0 saturated carbocycles. The molecular formula is C16H21N3O2. The molecule has 0 saturated heterocycles. The van der Waals surface area contributed by atoms with Crippen molar-refractivity contribution in [1.29, 1.82) is 0 Å². The van der Waals surface area contributed by atoms with Crippen molar-refractivity contribution >= 4 is 16.9 Å². The van der Waals surface area contributed by atoms with Gasteiger partial charge >= 0.3 is 0 Å². The van der Waals surface area contributed by atoms with Gasteiger partial charge in [-0.3, -0.25) is 14.2 Å². The molecule has 0 radical (unpaired) electrons. The number of unbranched alkanes of at least 4 members (excludes halogenated alkanes) is 3. The Kier molecular flexibility index (Phi) is 5.49. The molecule has 0 atom stereocenters. The third-order valence-electron chi connectivity index (χ3n) is 3.41. The Morgan fingerprint density at radius 1 is 1.24 bits per heavy atom. The first kappa shape index (κ1) is 15.2. The van der Waals surface area contributed by atoms with E-state index in [1.807, 2.05) is 18.2 Å². The summed E-state index contributed by atoms with van der Waals surface area (Å²) in [5, 5.41) is 2.86. The van der Waals surface area contributed by atoms with Crippen LogP contribution < -0.4 is 10.9 Å². The Balaban J connectivity index is 2.01. The van der Waals surface area contributed by atoms with Crippen LogP contribution in [-0.4, -0.2) is 22.0 Å². The molecule has 112 valence electrons. The van der Waals surface area contributed by atoms with E-state index in [4.69, 9.17) is 0 Å². The van der Waals surface area contributed by atoms with E-state index in [-0.39, 0.29) is 18.0 Å². The van der Waals surface area contributed by atoms with Crippen LogP contribution in [0.2, 0.25) is 0 Å². The molecule has 2 rings (SSSR count). The maximum absolute atomic E-state index is 11.9. The molecule has 0 aliphatic carbocycles. The fourth-order valence-electron chi connectivity index (χ4n) is 2.26. The molecule has 0 aliphatic rings. The van der Waals surface area contributed by atoms with Crippen molar-refractivity contribution in [3.8, 4) is 0 Å². The normalized spacial score (nSPS) is 10.7. The number of benzene rings is 1. The number of hydrogen-bond donors (Lipinski definition) is 1. The van der Waals surface area contributed by atoms with Gasteiger partial charge < -0.3 is 5.32 Å². The van der Waals surface area contributed by atoms with Gasteiger partial charge in [-0.25, -0.2) is 4.98 Å². The van der Waals surface area contributed by atoms with E-state index in [0.29, 0.717) is 17.6 Å². The van der Waals surface area contributed by atoms with E-state index in [2.05, 4.69) is 17.2 Å². The summed E-state index contributed by atoms with van der Waals surface area (Å²) in [4.78, 5) is 27.9. The number of para-hydroxylation sites is 2. The van der Waals surface area contributed by atoms with Crippen molar-refractivity contribution < 1.29 is 4.79 Å². The van der Waals surface area contributed by atoms with Crippen LogP contribution in [0.1, 0.15) is 32.6 Å². The van der Waals surface area contributed by atoms with Gasteiger partial charge in [-0.2, -0.15) is 0 Å². The van der Waals surface area contributed by atoms with Gasteiger partial charge in [0.15, 0.2) is 0 Å². The number of nitrogens with one attached hydrogen (secondary N) is 1. The molecule has 21 heavy (non-hydrogen) atoms. The summed E-state index contributed by atoms with van der Waals surface area (Å²) in [6.45, 7) is 2.85. The number of carbonyl (C=O) groups excluding carboxylic acids is 1. The molecule has 1 N–H and O–H groups in total. The van der Waals surface area contributed by atoms with Gasteiger partial charge in [0, 0.05) is 6.54 Å². The monoisotopic (exact) mass is 287 g/mol. The van der Waals surface area contributed by atoms with Gasteiger partial charge in [-0.1, -0.05) is 38.3 Å². The molecule has 1 amide bonds. The number of nitrogens with zero attached hydrogens (tertiary/aromatic N) is 2. The van der Waals surface area contributed by atoms with E-state index in [1.165, 1.54) is 23.6 Å². The molecule has 2 aromatic rings. The molecule has 0 spiro atoms. The van der Waals surface area contributed by atoms with Gasteiger partial charge in [0.25, 0.3) is 5.56 Å². The predicted molar refractivity (Wildman–Crippen MR) is 83.2 cm³/mol. The average molecular weight is 287 g/mol. The Morgan fingerprint density at radius 2 is 2.05 bits per heavy atom. The summed E-state index contributed by atoms with van der Waals surface area (Å²) in [5.41, 5.74) is 1.15. The Morgan fingerprint density at radius 3 is 2.86 bits per heavy atom. The molecular weight excluding hydrogens is 266 g/mol. The van der Waals surface area contributed by atoms with Gasteiger partial charge in [0.2, 0.25) is 5.91 Å². The number of aromatic nitrogens is 2. The van der Waals surface area contributed by atoms with Gasteiger partial charge in [-0.15, -0.1) is 0 Å². The van der Waals surface area contributed by atoms with Gasteiger partial charge in [0.05, 0.1) is 17.2 Å². The van der Waals surface area contributed by atoms with E-state index in [9.17, 15) is 9.59 Å². The Hall–Kier alpha value is -2.17. The fourth-order valence-corrected chi connectivity index (χ4v) is 2.26. The minimum atomic E-state index is -0.255. The molecule has 5 heteroatoms. The van der Waals surface area contributed by atoms with Crippen LogP contribution in [0.15, 0.2) is 35.3 Å². The minimum absolute atomic E-state index is 0.0373. The van der Waals surface area contributed by atoms with E-state index >= 15 is 0 Å². The Labute approximate surface area is 124 Å². The topological polar surface area (TPSA) is 64.0 Å². The Bertz CT molecular complexity index is 664. The molecule has 5 nitrogen and oxygen atoms in total. The fraction of sp³-hybridized carbons (Fsp3) is 0.438. The second kappa shape index (κ2) is 7.57. The number of amides is 1. The lowest BCUT2D eigenvalue weighted by atomic mass is 10.2. The summed E-state index contributed by atoms with van der Waals surface area (Å²) in [7, 11) is 0. The minimum Gasteiger partial charge on any atom is -0.355 e. The third kappa shape index (κ3) is 4.15. The highest BCUT2D eigenvalue weighted by molar-refractivity contribution is 5.79. The lowest BCUT2D eigenvalue weighted by Crippen LogP contribution is -2.33. The zero-order chi connectivity index (χ0) is 15.1. The van der Waals surface area contributed by atoms with Crippen LogP contribution in [0.3, 0.4) is 0 Å². The second-order valence-corrected chi connectivity index (χ2v) is 5.08. The molecule has 1 aromatic heterocycles. The SMILES string of the molecule is CCCCCCNC(=O)Cn1c(=O)cnc2ccccc21. The number of hydrogen-bond acceptors (Lipinski definition) is 3. The number of carbonyl (C=O) groups is 1. The van der Waals surface area contributed by atoms with Crippen molar-refractivity contribution in [3.63, 3.8) is 0 Å². The van der Waals surface area contributed by atoms with E-state index < -0.39 is 0 Å². The van der Waals surface area contributed by atoms with Crippen molar-refractivity contribution in [2.24, 2.45) is 0 Å². The summed E-state index contributed by atoms with van der Waals surface area (Å²) in [6, 6.07) is 7.33. The maximum Gasteiger partial charge on any atom is 0.269 e. The van der Waals surface area contributed by atoms with Crippen LogP contribution in [0.25, 0.3) is 11.0 Å². The number of rotatable bonds is 7. The molecule has 0 bridgehead atoms. The highest BCUT2D eigenvalue weighted by Crippen LogP contribution is 2.07. The first-order valence-corrected chi connectivity index (χ1v) is 7.43. The highest BCUT2D eigenvalue weighted by atomic mass is 16.2. The molecule has 1 aromatic carbocycles. The van der Waals surface area contributed by atoms with Crippen LogP contribution in [0.5, 0.6) is 0 Å². The van der Waals surface area contributed by atoms with Crippen LogP contribution in [0, 0.1) is 0 Å². The lowest BCUT2D eigenvalue weighted by Gasteiger charge is -2.09. The van der Waals surface area contributed by atoms with E-state index in [0.717, 1.165) is 12.8 Å². The van der Waals surface area contributed by atoms with Crippen LogP contribution in [0.4, 0.5) is 0 Å².